The van der Waals surface area contributed by atoms with Crippen molar-refractivity contribution in [3.05, 3.63) is 106 Å². The van der Waals surface area contributed by atoms with Crippen LogP contribution in [0.3, 0.4) is 0 Å². The van der Waals surface area contributed by atoms with Gasteiger partial charge in [-0.1, -0.05) is 104 Å². The van der Waals surface area contributed by atoms with Crippen LogP contribution in [0.15, 0.2) is 78.9 Å². The largest absolute Gasteiger partial charge is 0.354 e. The third-order valence-corrected chi connectivity index (χ3v) is 6.23. The first kappa shape index (κ1) is 25.8. The Balaban J connectivity index is 1.94. The van der Waals surface area contributed by atoms with Crippen LogP contribution in [-0.2, 0) is 29.0 Å². The summed E-state index contributed by atoms with van der Waals surface area (Å²) < 4.78 is 0. The summed E-state index contributed by atoms with van der Waals surface area (Å²) in [5.74, 6) is -0.00495. The van der Waals surface area contributed by atoms with Crippen LogP contribution in [0.2, 0.25) is 10.0 Å². The predicted molar refractivity (Wildman–Crippen MR) is 139 cm³/mol. The van der Waals surface area contributed by atoms with Crippen LogP contribution in [0, 0.1) is 5.92 Å². The van der Waals surface area contributed by atoms with Crippen molar-refractivity contribution in [2.45, 2.75) is 39.3 Å². The van der Waals surface area contributed by atoms with Crippen LogP contribution in [0.25, 0.3) is 0 Å². The molecule has 0 aliphatic rings. The van der Waals surface area contributed by atoms with Crippen molar-refractivity contribution in [2.24, 2.45) is 5.92 Å². The van der Waals surface area contributed by atoms with Gasteiger partial charge in [-0.2, -0.15) is 0 Å². The van der Waals surface area contributed by atoms with Gasteiger partial charge in [-0.05, 0) is 34.7 Å². The van der Waals surface area contributed by atoms with Gasteiger partial charge in [0.05, 0.1) is 16.5 Å². The highest BCUT2D eigenvalue weighted by molar-refractivity contribution is 6.42. The lowest BCUT2D eigenvalue weighted by Gasteiger charge is -2.32. The molecule has 0 aromatic heterocycles. The van der Waals surface area contributed by atoms with E-state index in [0.717, 1.165) is 16.7 Å². The lowest BCUT2D eigenvalue weighted by molar-refractivity contribution is -0.140. The SMILES string of the molecule is CC(C)CNC(=O)C(Cc1ccccc1)N(Cc1ccccc1)C(=O)Cc1ccc(Cl)c(Cl)c1. The maximum Gasteiger partial charge on any atom is 0.243 e. The van der Waals surface area contributed by atoms with E-state index in [1.54, 1.807) is 23.1 Å². The molecule has 1 N–H and O–H groups in total. The number of halogens is 2. The normalized spacial score (nSPS) is 11.8. The molecular formula is C28H30Cl2N2O2. The Morgan fingerprint density at radius 3 is 2.03 bits per heavy atom. The highest BCUT2D eigenvalue weighted by Crippen LogP contribution is 2.24. The van der Waals surface area contributed by atoms with Crippen molar-refractivity contribution in [1.82, 2.24) is 10.2 Å². The molecule has 0 saturated heterocycles. The van der Waals surface area contributed by atoms with Gasteiger partial charge < -0.3 is 10.2 Å². The van der Waals surface area contributed by atoms with Crippen LogP contribution in [0.1, 0.15) is 30.5 Å². The van der Waals surface area contributed by atoms with Crippen molar-refractivity contribution >= 4 is 35.0 Å². The quantitative estimate of drug-likeness (QED) is 0.377. The molecule has 0 spiro atoms. The summed E-state index contributed by atoms with van der Waals surface area (Å²) >= 11 is 12.2. The molecule has 178 valence electrons. The third-order valence-electron chi connectivity index (χ3n) is 5.49. The Morgan fingerprint density at radius 1 is 0.824 bits per heavy atom. The lowest BCUT2D eigenvalue weighted by atomic mass is 10.0. The second-order valence-electron chi connectivity index (χ2n) is 8.78. The summed E-state index contributed by atoms with van der Waals surface area (Å²) in [7, 11) is 0. The molecule has 0 bridgehead atoms. The molecule has 2 amide bonds. The molecule has 1 atom stereocenters. The minimum absolute atomic E-state index is 0.118. The summed E-state index contributed by atoms with van der Waals surface area (Å²) in [4.78, 5) is 28.7. The van der Waals surface area contributed by atoms with Gasteiger partial charge in [-0.3, -0.25) is 9.59 Å². The molecule has 0 heterocycles. The van der Waals surface area contributed by atoms with Gasteiger partial charge in [0.15, 0.2) is 0 Å². The molecule has 0 aliphatic carbocycles. The van der Waals surface area contributed by atoms with Crippen LogP contribution in [-0.4, -0.2) is 29.3 Å². The molecule has 0 radical (unpaired) electrons. The standard InChI is InChI=1S/C28H30Cl2N2O2/c1-20(2)18-31-28(34)26(16-21-9-5-3-6-10-21)32(19-22-11-7-4-8-12-22)27(33)17-23-13-14-24(29)25(30)15-23/h3-15,20,26H,16-19H2,1-2H3,(H,31,34). The molecule has 34 heavy (non-hydrogen) atoms. The molecule has 3 aromatic carbocycles. The zero-order chi connectivity index (χ0) is 24.5. The smallest absolute Gasteiger partial charge is 0.243 e. The monoisotopic (exact) mass is 496 g/mol. The van der Waals surface area contributed by atoms with Crippen LogP contribution < -0.4 is 5.32 Å². The van der Waals surface area contributed by atoms with Crippen molar-refractivity contribution in [1.29, 1.82) is 0 Å². The van der Waals surface area contributed by atoms with Crippen molar-refractivity contribution in [2.75, 3.05) is 6.54 Å². The summed E-state index contributed by atoms with van der Waals surface area (Å²) in [5.41, 5.74) is 2.70. The number of amides is 2. The fraction of sp³-hybridized carbons (Fsp3) is 0.286. The van der Waals surface area contributed by atoms with E-state index in [9.17, 15) is 9.59 Å². The Labute approximate surface area is 211 Å². The second kappa shape index (κ2) is 12.6. The van der Waals surface area contributed by atoms with E-state index in [4.69, 9.17) is 23.2 Å². The first-order valence-corrected chi connectivity index (χ1v) is 12.2. The van der Waals surface area contributed by atoms with Crippen LogP contribution in [0.4, 0.5) is 0 Å². The average molecular weight is 497 g/mol. The summed E-state index contributed by atoms with van der Waals surface area (Å²) in [6.45, 7) is 4.96. The van der Waals surface area contributed by atoms with E-state index in [1.165, 1.54) is 0 Å². The van der Waals surface area contributed by atoms with Gasteiger partial charge >= 0.3 is 0 Å². The van der Waals surface area contributed by atoms with Gasteiger partial charge in [0.1, 0.15) is 6.04 Å². The number of nitrogens with one attached hydrogen (secondary N) is 1. The zero-order valence-electron chi connectivity index (χ0n) is 19.5. The Morgan fingerprint density at radius 2 is 1.44 bits per heavy atom. The van der Waals surface area contributed by atoms with Gasteiger partial charge in [0.2, 0.25) is 11.8 Å². The molecule has 0 fully saturated rings. The van der Waals surface area contributed by atoms with Crippen molar-refractivity contribution in [3.63, 3.8) is 0 Å². The Bertz CT molecular complexity index is 1090. The minimum atomic E-state index is -0.656. The number of carbonyl (C=O) groups is 2. The summed E-state index contributed by atoms with van der Waals surface area (Å²) in [5, 5.41) is 3.87. The Hall–Kier alpha value is -2.82. The number of benzene rings is 3. The molecule has 4 nitrogen and oxygen atoms in total. The van der Waals surface area contributed by atoms with E-state index in [2.05, 4.69) is 5.32 Å². The summed E-state index contributed by atoms with van der Waals surface area (Å²) in [6.07, 6.45) is 0.539. The van der Waals surface area contributed by atoms with Crippen LogP contribution >= 0.6 is 23.2 Å². The van der Waals surface area contributed by atoms with Gasteiger partial charge in [0, 0.05) is 19.5 Å². The number of rotatable bonds is 10. The third kappa shape index (κ3) is 7.61. The molecule has 3 rings (SSSR count). The van der Waals surface area contributed by atoms with Gasteiger partial charge in [-0.25, -0.2) is 0 Å². The van der Waals surface area contributed by atoms with Gasteiger partial charge in [0.25, 0.3) is 0 Å². The molecule has 3 aromatic rings. The highest BCUT2D eigenvalue weighted by atomic mass is 35.5. The first-order valence-electron chi connectivity index (χ1n) is 11.4. The number of carbonyl (C=O) groups excluding carboxylic acids is 2. The second-order valence-corrected chi connectivity index (χ2v) is 9.59. The fourth-order valence-electron chi connectivity index (χ4n) is 3.68. The molecule has 1 unspecified atom stereocenters. The molecular weight excluding hydrogens is 467 g/mol. The number of hydrogen-bond donors (Lipinski definition) is 1. The van der Waals surface area contributed by atoms with Crippen molar-refractivity contribution < 1.29 is 9.59 Å². The zero-order valence-corrected chi connectivity index (χ0v) is 21.0. The Kier molecular flexibility index (Phi) is 9.55. The van der Waals surface area contributed by atoms with Gasteiger partial charge in [-0.15, -0.1) is 0 Å². The first-order chi connectivity index (χ1) is 16.3. The van der Waals surface area contributed by atoms with E-state index < -0.39 is 6.04 Å². The van der Waals surface area contributed by atoms with E-state index >= 15 is 0 Å². The topological polar surface area (TPSA) is 49.4 Å². The van der Waals surface area contributed by atoms with E-state index in [-0.39, 0.29) is 18.2 Å². The maximum atomic E-state index is 13.7. The average Bonchev–Trinajstić information content (AvgIpc) is 2.83. The van der Waals surface area contributed by atoms with E-state index in [0.29, 0.717) is 35.5 Å². The van der Waals surface area contributed by atoms with Crippen molar-refractivity contribution in [3.8, 4) is 0 Å². The number of hydrogen-bond acceptors (Lipinski definition) is 2. The predicted octanol–water partition coefficient (Wildman–Crippen LogP) is 5.95. The molecule has 0 aliphatic heterocycles. The maximum absolute atomic E-state index is 13.7. The van der Waals surface area contributed by atoms with Crippen LogP contribution in [0.5, 0.6) is 0 Å². The molecule has 6 heteroatoms. The lowest BCUT2D eigenvalue weighted by Crippen LogP contribution is -2.51. The van der Waals surface area contributed by atoms with E-state index in [1.807, 2.05) is 74.5 Å². The minimum Gasteiger partial charge on any atom is -0.354 e. The molecule has 0 saturated carbocycles. The summed E-state index contributed by atoms with van der Waals surface area (Å²) in [6, 6.07) is 24.0. The number of nitrogens with zero attached hydrogens (tertiary/aromatic N) is 1. The fourth-order valence-corrected chi connectivity index (χ4v) is 4.00. The highest BCUT2D eigenvalue weighted by Gasteiger charge is 2.30.